The molecule has 2 heterocycles. The number of amides is 1. The lowest BCUT2D eigenvalue weighted by Crippen LogP contribution is -2.12. The molecule has 0 fully saturated rings. The third kappa shape index (κ3) is 4.67. The largest absolute Gasteiger partial charge is 0.478 e. The predicted octanol–water partition coefficient (Wildman–Crippen LogP) is 2.94. The Bertz CT molecular complexity index is 1090. The molecule has 0 radical (unpaired) electrons. The van der Waals surface area contributed by atoms with E-state index >= 15 is 0 Å². The number of carbonyl (C=O) groups excluding carboxylic acids is 1. The van der Waals surface area contributed by atoms with Crippen LogP contribution in [0.5, 0.6) is 0 Å². The van der Waals surface area contributed by atoms with Gasteiger partial charge in [0.05, 0.1) is 16.6 Å². The number of nitrogens with zero attached hydrogens (tertiary/aromatic N) is 3. The summed E-state index contributed by atoms with van der Waals surface area (Å²) < 4.78 is 0. The van der Waals surface area contributed by atoms with Crippen LogP contribution in [0.15, 0.2) is 42.6 Å². The number of aromatic carboxylic acids is 1. The normalized spacial score (nSPS) is 11.4. The average molecular weight is 393 g/mol. The van der Waals surface area contributed by atoms with Crippen molar-refractivity contribution in [3.63, 3.8) is 0 Å². The van der Waals surface area contributed by atoms with Crippen LogP contribution < -0.4 is 5.32 Å². The van der Waals surface area contributed by atoms with Crippen molar-refractivity contribution < 1.29 is 14.7 Å². The van der Waals surface area contributed by atoms with E-state index in [1.165, 1.54) is 12.3 Å². The van der Waals surface area contributed by atoms with Gasteiger partial charge < -0.3 is 20.3 Å². The van der Waals surface area contributed by atoms with Gasteiger partial charge in [0.1, 0.15) is 11.5 Å². The quantitative estimate of drug-likeness (QED) is 0.532. The number of anilines is 1. The molecule has 1 amide bonds. The van der Waals surface area contributed by atoms with Gasteiger partial charge in [-0.05, 0) is 26.2 Å². The molecule has 2 aromatic heterocycles. The number of benzene rings is 1. The Balaban J connectivity index is 1.99. The van der Waals surface area contributed by atoms with Gasteiger partial charge in [-0.25, -0.2) is 14.8 Å². The second-order valence-electron chi connectivity index (χ2n) is 6.81. The van der Waals surface area contributed by atoms with Crippen molar-refractivity contribution in [2.75, 3.05) is 26.0 Å². The van der Waals surface area contributed by atoms with Gasteiger partial charge in [-0.1, -0.05) is 25.1 Å². The molecule has 29 heavy (non-hydrogen) atoms. The molecule has 8 heteroatoms. The van der Waals surface area contributed by atoms with Gasteiger partial charge in [0.2, 0.25) is 5.91 Å². The summed E-state index contributed by atoms with van der Waals surface area (Å²) in [5, 5.41) is 12.8. The molecule has 0 unspecified atom stereocenters. The lowest BCUT2D eigenvalue weighted by Gasteiger charge is -2.09. The molecule has 1 aromatic carbocycles. The number of hydrogen-bond donors (Lipinski definition) is 3. The van der Waals surface area contributed by atoms with Crippen molar-refractivity contribution in [1.82, 2.24) is 19.9 Å². The first-order valence-corrected chi connectivity index (χ1v) is 9.23. The molecule has 0 aliphatic rings. The van der Waals surface area contributed by atoms with Crippen LogP contribution in [0.2, 0.25) is 0 Å². The molecule has 0 bridgehead atoms. The van der Waals surface area contributed by atoms with Gasteiger partial charge >= 0.3 is 5.97 Å². The molecule has 0 spiro atoms. The van der Waals surface area contributed by atoms with E-state index in [9.17, 15) is 14.7 Å². The Labute approximate surface area is 168 Å². The fraction of sp³-hybridized carbons (Fsp3) is 0.238. The summed E-state index contributed by atoms with van der Waals surface area (Å²) in [6.07, 6.45) is 5.29. The van der Waals surface area contributed by atoms with E-state index in [0.717, 1.165) is 0 Å². The number of H-pyrrole nitrogens is 1. The smallest absolute Gasteiger partial charge is 0.338 e. The van der Waals surface area contributed by atoms with Crippen LogP contribution in [-0.2, 0) is 11.2 Å². The van der Waals surface area contributed by atoms with Crippen LogP contribution in [0.1, 0.15) is 23.1 Å². The lowest BCUT2D eigenvalue weighted by molar-refractivity contribution is -0.111. The summed E-state index contributed by atoms with van der Waals surface area (Å²) in [7, 11) is 3.84. The number of fused-ring (bicyclic) bond motifs is 1. The van der Waals surface area contributed by atoms with Crippen LogP contribution in [0.4, 0.5) is 5.69 Å². The van der Waals surface area contributed by atoms with Gasteiger partial charge in [-0.15, -0.1) is 0 Å². The molecule has 8 nitrogen and oxygen atoms in total. The Morgan fingerprint density at radius 3 is 2.76 bits per heavy atom. The van der Waals surface area contributed by atoms with Gasteiger partial charge in [0, 0.05) is 36.5 Å². The van der Waals surface area contributed by atoms with E-state index in [1.807, 2.05) is 32.0 Å². The molecule has 0 saturated heterocycles. The summed E-state index contributed by atoms with van der Waals surface area (Å²) in [4.78, 5) is 37.6. The Morgan fingerprint density at radius 2 is 2.07 bits per heavy atom. The van der Waals surface area contributed by atoms with Crippen LogP contribution in [0.25, 0.3) is 22.3 Å². The van der Waals surface area contributed by atoms with Crippen molar-refractivity contribution in [1.29, 1.82) is 0 Å². The first-order valence-electron chi connectivity index (χ1n) is 9.23. The predicted molar refractivity (Wildman–Crippen MR) is 112 cm³/mol. The number of carbonyl (C=O) groups is 2. The van der Waals surface area contributed by atoms with E-state index in [4.69, 9.17) is 0 Å². The Hall–Kier alpha value is -3.52. The number of rotatable bonds is 7. The number of carboxylic acids is 1. The zero-order valence-electron chi connectivity index (χ0n) is 16.6. The maximum Gasteiger partial charge on any atom is 0.338 e. The molecule has 3 rings (SSSR count). The minimum atomic E-state index is -1.05. The number of likely N-dealkylation sites (N-methyl/N-ethyl adjacent to an activating group) is 1. The van der Waals surface area contributed by atoms with Crippen molar-refractivity contribution in [2.24, 2.45) is 0 Å². The highest BCUT2D eigenvalue weighted by molar-refractivity contribution is 6.08. The highest BCUT2D eigenvalue weighted by Crippen LogP contribution is 2.30. The lowest BCUT2D eigenvalue weighted by atomic mass is 10.1. The first-order chi connectivity index (χ1) is 13.9. The van der Waals surface area contributed by atoms with Crippen LogP contribution in [0.3, 0.4) is 0 Å². The zero-order valence-corrected chi connectivity index (χ0v) is 16.6. The average Bonchev–Trinajstić information content (AvgIpc) is 3.11. The molecule has 0 aliphatic heterocycles. The molecule has 0 saturated carbocycles. The van der Waals surface area contributed by atoms with Gasteiger partial charge in [-0.3, -0.25) is 4.79 Å². The third-order valence-corrected chi connectivity index (χ3v) is 4.27. The summed E-state index contributed by atoms with van der Waals surface area (Å²) in [6, 6.07) is 7.17. The van der Waals surface area contributed by atoms with E-state index in [-0.39, 0.29) is 11.5 Å². The first kappa shape index (κ1) is 20.2. The van der Waals surface area contributed by atoms with E-state index < -0.39 is 5.97 Å². The third-order valence-electron chi connectivity index (χ3n) is 4.27. The number of nitrogens with one attached hydrogen (secondary N) is 2. The number of aromatic amines is 1. The highest BCUT2D eigenvalue weighted by atomic mass is 16.4. The number of aromatic nitrogens is 3. The summed E-state index contributed by atoms with van der Waals surface area (Å²) in [5.41, 5.74) is 2.40. The van der Waals surface area contributed by atoms with Crippen LogP contribution in [0, 0.1) is 0 Å². The van der Waals surface area contributed by atoms with Crippen LogP contribution >= 0.6 is 0 Å². The minimum absolute atomic E-state index is 0.110. The monoisotopic (exact) mass is 393 g/mol. The fourth-order valence-corrected chi connectivity index (χ4v) is 2.91. The topological polar surface area (TPSA) is 111 Å². The van der Waals surface area contributed by atoms with Crippen molar-refractivity contribution in [3.8, 4) is 11.3 Å². The maximum absolute atomic E-state index is 12.1. The van der Waals surface area contributed by atoms with Crippen molar-refractivity contribution >= 4 is 28.6 Å². The second kappa shape index (κ2) is 8.66. The standard InChI is InChI=1S/C21H23N5O3/c1-4-16-24-19(18-15(21(28)29)12-22-20(18)25-16)13-7-5-8-14(11-13)23-17(27)9-6-10-26(2)3/h5-9,11-12H,4,10H2,1-3H3,(H,23,27)(H,28,29)(H,22,24,25). The maximum atomic E-state index is 12.1. The Morgan fingerprint density at radius 1 is 1.28 bits per heavy atom. The molecular weight excluding hydrogens is 370 g/mol. The van der Waals surface area contributed by atoms with Crippen molar-refractivity contribution in [2.45, 2.75) is 13.3 Å². The zero-order chi connectivity index (χ0) is 21.0. The number of carboxylic acid groups (broad SMARTS) is 1. The number of aryl methyl sites for hydroxylation is 1. The minimum Gasteiger partial charge on any atom is -0.478 e. The van der Waals surface area contributed by atoms with E-state index in [2.05, 4.69) is 20.3 Å². The van der Waals surface area contributed by atoms with Gasteiger partial charge in [-0.2, -0.15) is 0 Å². The molecule has 3 aromatic rings. The molecule has 0 atom stereocenters. The number of hydrogen-bond acceptors (Lipinski definition) is 5. The highest BCUT2D eigenvalue weighted by Gasteiger charge is 2.19. The SMILES string of the molecule is CCc1nc(-c2cccc(NC(=O)C=CCN(C)C)c2)c2c(C(=O)O)c[nH]c2n1. The Kier molecular flexibility index (Phi) is 6.04. The summed E-state index contributed by atoms with van der Waals surface area (Å²) in [6.45, 7) is 2.60. The molecule has 3 N–H and O–H groups in total. The molecular formula is C21H23N5O3. The van der Waals surface area contributed by atoms with E-state index in [0.29, 0.717) is 46.8 Å². The summed E-state index contributed by atoms with van der Waals surface area (Å²) in [5.74, 6) is -0.688. The van der Waals surface area contributed by atoms with E-state index in [1.54, 1.807) is 24.3 Å². The van der Waals surface area contributed by atoms with Crippen molar-refractivity contribution in [3.05, 3.63) is 54.0 Å². The fourth-order valence-electron chi connectivity index (χ4n) is 2.91. The van der Waals surface area contributed by atoms with Crippen LogP contribution in [-0.4, -0.2) is 57.5 Å². The van der Waals surface area contributed by atoms with Gasteiger partial charge in [0.15, 0.2) is 0 Å². The van der Waals surface area contributed by atoms with Gasteiger partial charge in [0.25, 0.3) is 0 Å². The summed E-state index contributed by atoms with van der Waals surface area (Å²) >= 11 is 0. The molecule has 0 aliphatic carbocycles. The molecule has 150 valence electrons. The second-order valence-corrected chi connectivity index (χ2v) is 6.81.